The van der Waals surface area contributed by atoms with Crippen molar-refractivity contribution < 1.29 is 19.7 Å². The van der Waals surface area contributed by atoms with Crippen LogP contribution < -0.4 is 0 Å². The van der Waals surface area contributed by atoms with E-state index in [2.05, 4.69) is 25.2 Å². The molecule has 0 radical (unpaired) electrons. The topological polar surface area (TPSA) is 70.1 Å². The van der Waals surface area contributed by atoms with Crippen LogP contribution in [0.5, 0.6) is 0 Å². The summed E-state index contributed by atoms with van der Waals surface area (Å²) in [4.78, 5) is 10.3. The number of unbranched alkanes of at least 4 members (excludes halogenated alkanes) is 3. The maximum atomic E-state index is 10.3. The van der Waals surface area contributed by atoms with Gasteiger partial charge in [-0.1, -0.05) is 62.6 Å². The Bertz CT molecular complexity index is 425. The molecular weight excluding hydrogens is 304 g/mol. The molecule has 1 fully saturated rings. The molecule has 24 heavy (non-hydrogen) atoms. The quantitative estimate of drug-likeness (QED) is 0.280. The molecule has 4 nitrogen and oxygen atoms in total. The van der Waals surface area contributed by atoms with Gasteiger partial charge >= 0.3 is 5.97 Å². The van der Waals surface area contributed by atoms with Crippen molar-refractivity contribution in [1.82, 2.24) is 0 Å². The third-order valence-corrected chi connectivity index (χ3v) is 4.02. The number of hydrogen-bond acceptors (Lipinski definition) is 3. The van der Waals surface area contributed by atoms with Gasteiger partial charge in [-0.15, -0.1) is 0 Å². The second-order valence-corrected chi connectivity index (χ2v) is 6.25. The first-order valence-electron chi connectivity index (χ1n) is 9.17. The van der Waals surface area contributed by atoms with E-state index in [9.17, 15) is 9.90 Å². The van der Waals surface area contributed by atoms with Gasteiger partial charge in [0.15, 0.2) is 0 Å². The summed E-state index contributed by atoms with van der Waals surface area (Å²) in [5.74, 6) is -0.735. The third-order valence-electron chi connectivity index (χ3n) is 4.02. The van der Waals surface area contributed by atoms with Crippen LogP contribution in [0.4, 0.5) is 0 Å². The highest BCUT2D eigenvalue weighted by Gasteiger charge is 2.42. The van der Waals surface area contributed by atoms with Crippen LogP contribution in [0.15, 0.2) is 36.5 Å². The Morgan fingerprint density at radius 1 is 1.08 bits per heavy atom. The van der Waals surface area contributed by atoms with Crippen molar-refractivity contribution in [3.8, 4) is 0 Å². The van der Waals surface area contributed by atoms with Gasteiger partial charge in [-0.2, -0.15) is 0 Å². The van der Waals surface area contributed by atoms with Gasteiger partial charge in [-0.05, 0) is 32.1 Å². The number of allylic oxidation sites excluding steroid dienone is 5. The van der Waals surface area contributed by atoms with Crippen LogP contribution >= 0.6 is 0 Å². The highest BCUT2D eigenvalue weighted by molar-refractivity contribution is 5.66. The van der Waals surface area contributed by atoms with Crippen LogP contribution in [0, 0.1) is 0 Å². The van der Waals surface area contributed by atoms with E-state index >= 15 is 0 Å². The summed E-state index contributed by atoms with van der Waals surface area (Å²) in [6, 6.07) is 0. The Morgan fingerprint density at radius 2 is 1.79 bits per heavy atom. The lowest BCUT2D eigenvalue weighted by Crippen LogP contribution is -2.13. The zero-order valence-corrected chi connectivity index (χ0v) is 14.8. The number of ether oxygens (including phenoxy) is 1. The zero-order valence-electron chi connectivity index (χ0n) is 14.8. The van der Waals surface area contributed by atoms with Crippen LogP contribution in [0.2, 0.25) is 0 Å². The minimum Gasteiger partial charge on any atom is -0.481 e. The first-order valence-corrected chi connectivity index (χ1v) is 9.17. The fourth-order valence-electron chi connectivity index (χ4n) is 2.55. The van der Waals surface area contributed by atoms with Gasteiger partial charge in [-0.25, -0.2) is 0 Å². The Balaban J connectivity index is 2.00. The molecule has 1 rings (SSSR count). The van der Waals surface area contributed by atoms with Crippen molar-refractivity contribution in [2.24, 2.45) is 0 Å². The summed E-state index contributed by atoms with van der Waals surface area (Å²) >= 11 is 0. The molecule has 4 heteroatoms. The fourth-order valence-corrected chi connectivity index (χ4v) is 2.55. The smallest absolute Gasteiger partial charge is 0.303 e. The number of rotatable bonds is 14. The van der Waals surface area contributed by atoms with Gasteiger partial charge in [0.2, 0.25) is 0 Å². The van der Waals surface area contributed by atoms with Crippen molar-refractivity contribution in [3.63, 3.8) is 0 Å². The van der Waals surface area contributed by atoms with E-state index in [0.29, 0.717) is 6.42 Å². The highest BCUT2D eigenvalue weighted by Crippen LogP contribution is 2.30. The maximum absolute atomic E-state index is 10.3. The summed E-state index contributed by atoms with van der Waals surface area (Å²) in [5, 5.41) is 18.5. The number of carboxylic acid groups (broad SMARTS) is 1. The number of aliphatic carboxylic acids is 1. The molecule has 136 valence electrons. The number of carboxylic acids is 1. The van der Waals surface area contributed by atoms with Gasteiger partial charge in [0.1, 0.15) is 12.2 Å². The van der Waals surface area contributed by atoms with Gasteiger partial charge in [0.25, 0.3) is 0 Å². The van der Waals surface area contributed by atoms with Crippen LogP contribution in [0.1, 0.15) is 64.7 Å². The molecule has 1 aliphatic heterocycles. The van der Waals surface area contributed by atoms with Gasteiger partial charge in [-0.3, -0.25) is 4.79 Å². The number of epoxide rings is 1. The molecular formula is C20H32O4. The molecule has 0 saturated carbocycles. The molecule has 2 N–H and O–H groups in total. The van der Waals surface area contributed by atoms with Crippen molar-refractivity contribution in [1.29, 1.82) is 0 Å². The van der Waals surface area contributed by atoms with E-state index in [-0.39, 0.29) is 18.6 Å². The number of aliphatic hydroxyl groups is 1. The summed E-state index contributed by atoms with van der Waals surface area (Å²) in [6.45, 7) is 2.19. The molecule has 0 aliphatic carbocycles. The molecule has 0 aromatic heterocycles. The van der Waals surface area contributed by atoms with Gasteiger partial charge in [0.05, 0.1) is 6.10 Å². The molecule has 0 aromatic rings. The van der Waals surface area contributed by atoms with Gasteiger partial charge in [0, 0.05) is 6.42 Å². The second kappa shape index (κ2) is 13.0. The van der Waals surface area contributed by atoms with Crippen LogP contribution in [0.25, 0.3) is 0 Å². The molecule has 0 bridgehead atoms. The maximum Gasteiger partial charge on any atom is 0.303 e. The second-order valence-electron chi connectivity index (χ2n) is 6.25. The molecule has 1 unspecified atom stereocenters. The van der Waals surface area contributed by atoms with E-state index in [1.54, 1.807) is 0 Å². The summed E-state index contributed by atoms with van der Waals surface area (Å²) in [5.41, 5.74) is 0. The molecule has 1 saturated heterocycles. The summed E-state index contributed by atoms with van der Waals surface area (Å²) < 4.78 is 5.52. The molecule has 1 aliphatic rings. The average Bonchev–Trinajstić information content (AvgIpc) is 3.32. The summed E-state index contributed by atoms with van der Waals surface area (Å²) in [6.07, 6.45) is 19.9. The average molecular weight is 336 g/mol. The minimum absolute atomic E-state index is 0.00387. The Morgan fingerprint density at radius 3 is 2.50 bits per heavy atom. The van der Waals surface area contributed by atoms with Crippen molar-refractivity contribution in [2.75, 3.05) is 0 Å². The Kier molecular flexibility index (Phi) is 11.2. The molecule has 1 heterocycles. The number of aliphatic hydroxyl groups excluding tert-OH is 1. The van der Waals surface area contributed by atoms with Crippen LogP contribution in [-0.4, -0.2) is 34.5 Å². The van der Waals surface area contributed by atoms with E-state index in [1.165, 1.54) is 19.3 Å². The third kappa shape index (κ3) is 10.4. The van der Waals surface area contributed by atoms with E-state index in [0.717, 1.165) is 25.7 Å². The van der Waals surface area contributed by atoms with E-state index < -0.39 is 12.1 Å². The van der Waals surface area contributed by atoms with Gasteiger partial charge < -0.3 is 14.9 Å². The minimum atomic E-state index is -0.735. The lowest BCUT2D eigenvalue weighted by Gasteiger charge is -2.00. The Hall–Kier alpha value is -1.39. The predicted octanol–water partition coefficient (Wildman–Crippen LogP) is 4.40. The lowest BCUT2D eigenvalue weighted by atomic mass is 10.1. The molecule has 3 atom stereocenters. The highest BCUT2D eigenvalue weighted by atomic mass is 16.6. The summed E-state index contributed by atoms with van der Waals surface area (Å²) in [7, 11) is 0. The van der Waals surface area contributed by atoms with Crippen molar-refractivity contribution >= 4 is 5.97 Å². The number of carbonyl (C=O) groups is 1. The largest absolute Gasteiger partial charge is 0.481 e. The predicted molar refractivity (Wildman–Crippen MR) is 97.0 cm³/mol. The standard InChI is InChI=1S/C20H32O4/c1-2-3-11-15-18-20(24-18)17(21)14-12-9-7-5-4-6-8-10-13-16-19(22)23/h5-8,12,14,17-18,20-21H,2-4,9-11,13,15-16H2,1H3,(H,22,23)/b7-5-,8-6-,14-12-/t17?,18-,20+/m1/s1. The monoisotopic (exact) mass is 336 g/mol. The van der Waals surface area contributed by atoms with Crippen LogP contribution in [0.3, 0.4) is 0 Å². The first-order chi connectivity index (χ1) is 11.6. The van der Waals surface area contributed by atoms with Crippen molar-refractivity contribution in [3.05, 3.63) is 36.5 Å². The first kappa shape index (κ1) is 20.7. The van der Waals surface area contributed by atoms with Crippen molar-refractivity contribution in [2.45, 2.75) is 83.0 Å². The Labute approximate surface area is 145 Å². The number of hydrogen-bond donors (Lipinski definition) is 2. The normalized spacial score (nSPS) is 21.9. The fraction of sp³-hybridized carbons (Fsp3) is 0.650. The molecule has 0 aromatic carbocycles. The van der Waals surface area contributed by atoms with E-state index in [4.69, 9.17) is 9.84 Å². The zero-order chi connectivity index (χ0) is 17.6. The lowest BCUT2D eigenvalue weighted by molar-refractivity contribution is -0.137. The SMILES string of the molecule is CCCCC[C@H]1O[C@H]1C(O)/C=C\C/C=C\C/C=C\CCCC(=O)O. The molecule has 0 amide bonds. The van der Waals surface area contributed by atoms with Crippen LogP contribution in [-0.2, 0) is 9.53 Å². The van der Waals surface area contributed by atoms with E-state index in [1.807, 2.05) is 18.2 Å². The molecule has 0 spiro atoms.